The summed E-state index contributed by atoms with van der Waals surface area (Å²) in [5, 5.41) is 5.46. The van der Waals surface area contributed by atoms with E-state index < -0.39 is 5.82 Å². The Kier molecular flexibility index (Phi) is 4.47. The van der Waals surface area contributed by atoms with Crippen molar-refractivity contribution in [2.75, 3.05) is 7.05 Å². The minimum Gasteiger partial charge on any atom is -0.337 e. The highest BCUT2D eigenvalue weighted by atomic mass is 35.5. The second-order valence-electron chi connectivity index (χ2n) is 6.06. The molecule has 0 saturated carbocycles. The van der Waals surface area contributed by atoms with E-state index in [1.54, 1.807) is 30.8 Å². The first kappa shape index (κ1) is 17.4. The summed E-state index contributed by atoms with van der Waals surface area (Å²) in [6, 6.07) is 6.27. The van der Waals surface area contributed by atoms with Crippen LogP contribution in [-0.2, 0) is 13.6 Å². The van der Waals surface area contributed by atoms with Gasteiger partial charge in [0.1, 0.15) is 5.82 Å². The number of halogens is 2. The van der Waals surface area contributed by atoms with Crippen LogP contribution in [0.3, 0.4) is 0 Å². The van der Waals surface area contributed by atoms with Gasteiger partial charge in [0, 0.05) is 36.6 Å². The Hall–Kier alpha value is -2.47. The second-order valence-corrected chi connectivity index (χ2v) is 6.47. The van der Waals surface area contributed by atoms with Gasteiger partial charge in [-0.1, -0.05) is 17.7 Å². The molecule has 0 aliphatic heterocycles. The van der Waals surface area contributed by atoms with Crippen molar-refractivity contribution in [3.63, 3.8) is 0 Å². The molecule has 0 radical (unpaired) electrons. The number of carbonyl (C=O) groups excluding carboxylic acids is 1. The normalized spacial score (nSPS) is 11.1. The van der Waals surface area contributed by atoms with E-state index in [0.717, 1.165) is 16.7 Å². The third-order valence-electron chi connectivity index (χ3n) is 4.22. The highest BCUT2D eigenvalue weighted by Gasteiger charge is 2.20. The number of pyridine rings is 1. The molecule has 1 amide bonds. The fourth-order valence-corrected chi connectivity index (χ4v) is 3.07. The van der Waals surface area contributed by atoms with E-state index in [1.807, 2.05) is 14.0 Å². The minimum absolute atomic E-state index is 0.0772. The molecule has 0 unspecified atom stereocenters. The van der Waals surface area contributed by atoms with Crippen molar-refractivity contribution in [1.29, 1.82) is 0 Å². The second kappa shape index (κ2) is 6.44. The Morgan fingerprint density at radius 2 is 2.04 bits per heavy atom. The van der Waals surface area contributed by atoms with Crippen molar-refractivity contribution in [2.24, 2.45) is 7.05 Å². The van der Waals surface area contributed by atoms with Crippen LogP contribution in [0.5, 0.6) is 0 Å². The van der Waals surface area contributed by atoms with E-state index in [9.17, 15) is 9.18 Å². The number of hydrogen-bond donors (Lipinski definition) is 0. The maximum atomic E-state index is 14.0. The number of nitrogens with zero attached hydrogens (tertiary/aromatic N) is 4. The average Bonchev–Trinajstić information content (AvgIpc) is 2.83. The van der Waals surface area contributed by atoms with Crippen LogP contribution in [0.1, 0.15) is 27.3 Å². The number of aryl methyl sites for hydroxylation is 3. The molecule has 3 rings (SSSR count). The molecule has 0 aliphatic rings. The lowest BCUT2D eigenvalue weighted by Gasteiger charge is -2.19. The number of rotatable bonds is 3. The maximum Gasteiger partial charge on any atom is 0.255 e. The fourth-order valence-electron chi connectivity index (χ4n) is 2.85. The Balaban J connectivity index is 1.96. The summed E-state index contributed by atoms with van der Waals surface area (Å²) >= 11 is 6.06. The molecule has 0 fully saturated rings. The molecule has 0 spiro atoms. The lowest BCUT2D eigenvalue weighted by atomic mass is 10.1. The van der Waals surface area contributed by atoms with E-state index in [4.69, 9.17) is 11.6 Å². The average molecular weight is 361 g/mol. The molecule has 0 saturated heterocycles. The van der Waals surface area contributed by atoms with E-state index in [-0.39, 0.29) is 12.5 Å². The molecule has 5 nitrogen and oxygen atoms in total. The van der Waals surface area contributed by atoms with E-state index in [0.29, 0.717) is 21.8 Å². The Morgan fingerprint density at radius 1 is 1.32 bits per heavy atom. The topological polar surface area (TPSA) is 51.0 Å². The molecule has 0 atom stereocenters. The number of benzene rings is 1. The zero-order valence-electron chi connectivity index (χ0n) is 14.5. The third-order valence-corrected chi connectivity index (χ3v) is 4.58. The minimum atomic E-state index is -0.430. The third kappa shape index (κ3) is 3.09. The molecular weight excluding hydrogens is 343 g/mol. The first-order valence-corrected chi connectivity index (χ1v) is 8.16. The lowest BCUT2D eigenvalue weighted by molar-refractivity contribution is 0.0783. The summed E-state index contributed by atoms with van der Waals surface area (Å²) in [5.41, 5.74) is 2.90. The summed E-state index contributed by atoms with van der Waals surface area (Å²) in [6.45, 7) is 3.73. The number of amides is 1. The number of carbonyl (C=O) groups is 1. The van der Waals surface area contributed by atoms with Crippen LogP contribution in [0.4, 0.5) is 4.39 Å². The summed E-state index contributed by atoms with van der Waals surface area (Å²) in [6.07, 6.45) is 0. The molecule has 3 aromatic rings. The van der Waals surface area contributed by atoms with Crippen LogP contribution in [-0.4, -0.2) is 32.6 Å². The van der Waals surface area contributed by atoms with Crippen LogP contribution < -0.4 is 0 Å². The predicted molar refractivity (Wildman–Crippen MR) is 95.2 cm³/mol. The summed E-state index contributed by atoms with van der Waals surface area (Å²) < 4.78 is 15.7. The van der Waals surface area contributed by atoms with Crippen LogP contribution in [0, 0.1) is 19.7 Å². The van der Waals surface area contributed by atoms with Gasteiger partial charge in [-0.05, 0) is 32.0 Å². The van der Waals surface area contributed by atoms with Gasteiger partial charge in [-0.25, -0.2) is 9.37 Å². The van der Waals surface area contributed by atoms with Crippen molar-refractivity contribution in [3.05, 3.63) is 57.6 Å². The maximum absolute atomic E-state index is 14.0. The summed E-state index contributed by atoms with van der Waals surface area (Å²) in [4.78, 5) is 18.8. The molecule has 25 heavy (non-hydrogen) atoms. The first-order valence-electron chi connectivity index (χ1n) is 7.79. The van der Waals surface area contributed by atoms with Crippen LogP contribution in [0.2, 0.25) is 5.02 Å². The van der Waals surface area contributed by atoms with Gasteiger partial charge in [0.05, 0.1) is 17.0 Å². The van der Waals surface area contributed by atoms with Crippen molar-refractivity contribution in [1.82, 2.24) is 19.7 Å². The van der Waals surface area contributed by atoms with Gasteiger partial charge in [-0.2, -0.15) is 5.10 Å². The molecule has 1 aromatic carbocycles. The SMILES string of the molecule is Cc1nc2c(cc1C(=O)N(C)Cc1c(F)cccc1Cl)c(C)nn2C. The Labute approximate surface area is 150 Å². The van der Waals surface area contributed by atoms with Gasteiger partial charge < -0.3 is 4.90 Å². The lowest BCUT2D eigenvalue weighted by Crippen LogP contribution is -2.27. The molecule has 0 bridgehead atoms. The van der Waals surface area contributed by atoms with Crippen molar-refractivity contribution < 1.29 is 9.18 Å². The monoisotopic (exact) mass is 360 g/mol. The van der Waals surface area contributed by atoms with Crippen LogP contribution in [0.25, 0.3) is 11.0 Å². The van der Waals surface area contributed by atoms with Gasteiger partial charge in [0.15, 0.2) is 5.65 Å². The number of hydrogen-bond acceptors (Lipinski definition) is 3. The molecule has 0 N–H and O–H groups in total. The van der Waals surface area contributed by atoms with Crippen molar-refractivity contribution in [3.8, 4) is 0 Å². The molecule has 2 aromatic heterocycles. The highest BCUT2D eigenvalue weighted by Crippen LogP contribution is 2.23. The quantitative estimate of drug-likeness (QED) is 0.716. The molecule has 2 heterocycles. The summed E-state index contributed by atoms with van der Waals surface area (Å²) in [7, 11) is 3.43. The van der Waals surface area contributed by atoms with E-state index in [1.165, 1.54) is 17.0 Å². The van der Waals surface area contributed by atoms with E-state index >= 15 is 0 Å². The van der Waals surface area contributed by atoms with E-state index in [2.05, 4.69) is 10.1 Å². The number of fused-ring (bicyclic) bond motifs is 1. The van der Waals surface area contributed by atoms with Crippen molar-refractivity contribution >= 4 is 28.5 Å². The summed E-state index contributed by atoms with van der Waals surface area (Å²) in [5.74, 6) is -0.671. The van der Waals surface area contributed by atoms with Gasteiger partial charge in [0.2, 0.25) is 0 Å². The van der Waals surface area contributed by atoms with Gasteiger partial charge in [0.25, 0.3) is 5.91 Å². The largest absolute Gasteiger partial charge is 0.337 e. The molecule has 7 heteroatoms. The smallest absolute Gasteiger partial charge is 0.255 e. The van der Waals surface area contributed by atoms with Crippen molar-refractivity contribution in [2.45, 2.75) is 20.4 Å². The first-order chi connectivity index (χ1) is 11.8. The van der Waals surface area contributed by atoms with Crippen LogP contribution in [0.15, 0.2) is 24.3 Å². The zero-order chi connectivity index (χ0) is 18.3. The fraction of sp³-hybridized carbons (Fsp3) is 0.278. The van der Waals surface area contributed by atoms with Gasteiger partial charge in [-0.3, -0.25) is 9.48 Å². The molecular formula is C18H18ClFN4O. The van der Waals surface area contributed by atoms with Gasteiger partial charge in [-0.15, -0.1) is 0 Å². The standard InChI is InChI=1S/C18H18ClFN4O/c1-10-13(8-12-11(2)22-24(4)17(12)21-10)18(25)23(3)9-14-15(19)6-5-7-16(14)20/h5-8H,9H2,1-4H3. The molecule has 130 valence electrons. The number of aromatic nitrogens is 3. The van der Waals surface area contributed by atoms with Gasteiger partial charge >= 0.3 is 0 Å². The highest BCUT2D eigenvalue weighted by molar-refractivity contribution is 6.31. The molecule has 0 aliphatic carbocycles. The van der Waals surface area contributed by atoms with Crippen LogP contribution >= 0.6 is 11.6 Å². The zero-order valence-corrected chi connectivity index (χ0v) is 15.2. The Morgan fingerprint density at radius 3 is 2.72 bits per heavy atom. The predicted octanol–water partition coefficient (Wildman–Crippen LogP) is 3.65. The Bertz CT molecular complexity index is 963.